The molecule has 2 fully saturated rings. The van der Waals surface area contributed by atoms with Crippen LogP contribution in [0.3, 0.4) is 0 Å². The molecule has 0 unspecified atom stereocenters. The fraction of sp³-hybridized carbons (Fsp3) is 0.533. The van der Waals surface area contributed by atoms with Crippen molar-refractivity contribution in [3.8, 4) is 0 Å². The standard InChI is InChI=1S/C15H20FN3O/c16-13-4-2-1-3-12(13)15(7-8-15)19-14(20)18-11-5-9-17-10-6-11/h1-4,11,17H,5-10H2,(H2,18,19,20). The number of nitrogens with one attached hydrogen (secondary N) is 3. The first kappa shape index (κ1) is 13.4. The number of carbonyl (C=O) groups is 1. The van der Waals surface area contributed by atoms with Gasteiger partial charge in [0.15, 0.2) is 0 Å². The van der Waals surface area contributed by atoms with E-state index < -0.39 is 5.54 Å². The molecule has 1 saturated carbocycles. The van der Waals surface area contributed by atoms with Gasteiger partial charge in [-0.2, -0.15) is 0 Å². The summed E-state index contributed by atoms with van der Waals surface area (Å²) in [5, 5.41) is 9.21. The highest BCUT2D eigenvalue weighted by Gasteiger charge is 2.47. The molecule has 0 bridgehead atoms. The number of piperidine rings is 1. The molecule has 3 N–H and O–H groups in total. The van der Waals surface area contributed by atoms with Gasteiger partial charge in [-0.05, 0) is 44.8 Å². The number of halogens is 1. The normalized spacial score (nSPS) is 21.2. The lowest BCUT2D eigenvalue weighted by atomic mass is 10.0. The molecule has 4 nitrogen and oxygen atoms in total. The van der Waals surface area contributed by atoms with Crippen LogP contribution in [0.15, 0.2) is 24.3 Å². The van der Waals surface area contributed by atoms with Crippen LogP contribution >= 0.6 is 0 Å². The van der Waals surface area contributed by atoms with Gasteiger partial charge in [0.2, 0.25) is 0 Å². The molecular formula is C15H20FN3O. The van der Waals surface area contributed by atoms with E-state index in [4.69, 9.17) is 0 Å². The van der Waals surface area contributed by atoms with Crippen LogP contribution in [0.5, 0.6) is 0 Å². The molecule has 5 heteroatoms. The Morgan fingerprint density at radius 1 is 1.25 bits per heavy atom. The predicted octanol–water partition coefficient (Wildman–Crippen LogP) is 1.87. The van der Waals surface area contributed by atoms with Crippen molar-refractivity contribution in [3.63, 3.8) is 0 Å². The van der Waals surface area contributed by atoms with Crippen molar-refractivity contribution in [2.75, 3.05) is 13.1 Å². The number of hydrogen-bond donors (Lipinski definition) is 3. The van der Waals surface area contributed by atoms with Gasteiger partial charge in [-0.25, -0.2) is 9.18 Å². The fourth-order valence-electron chi connectivity index (χ4n) is 2.84. The molecule has 1 aliphatic carbocycles. The Kier molecular flexibility index (Phi) is 3.61. The van der Waals surface area contributed by atoms with Gasteiger partial charge < -0.3 is 16.0 Å². The van der Waals surface area contributed by atoms with Gasteiger partial charge in [0.05, 0.1) is 5.54 Å². The van der Waals surface area contributed by atoms with Gasteiger partial charge in [0, 0.05) is 11.6 Å². The fourth-order valence-corrected chi connectivity index (χ4v) is 2.84. The highest BCUT2D eigenvalue weighted by Crippen LogP contribution is 2.46. The van der Waals surface area contributed by atoms with Crippen LogP contribution < -0.4 is 16.0 Å². The van der Waals surface area contributed by atoms with E-state index >= 15 is 0 Å². The molecule has 1 aromatic carbocycles. The minimum Gasteiger partial charge on any atom is -0.335 e. The monoisotopic (exact) mass is 277 g/mol. The van der Waals surface area contributed by atoms with E-state index in [1.807, 2.05) is 6.07 Å². The second-order valence-corrected chi connectivity index (χ2v) is 5.68. The summed E-state index contributed by atoms with van der Waals surface area (Å²) in [6, 6.07) is 6.72. The number of rotatable bonds is 3. The number of hydrogen-bond acceptors (Lipinski definition) is 2. The average Bonchev–Trinajstić information content (AvgIpc) is 3.20. The van der Waals surface area contributed by atoms with Crippen LogP contribution in [0.25, 0.3) is 0 Å². The van der Waals surface area contributed by atoms with Crippen molar-refractivity contribution in [1.29, 1.82) is 0 Å². The summed E-state index contributed by atoms with van der Waals surface area (Å²) in [5.74, 6) is -0.243. The van der Waals surface area contributed by atoms with Crippen molar-refractivity contribution in [2.45, 2.75) is 37.3 Å². The molecule has 0 aromatic heterocycles. The van der Waals surface area contributed by atoms with Crippen LogP contribution in [0, 0.1) is 5.82 Å². The number of urea groups is 1. The first-order valence-electron chi connectivity index (χ1n) is 7.24. The van der Waals surface area contributed by atoms with Crippen molar-refractivity contribution in [3.05, 3.63) is 35.6 Å². The zero-order chi connectivity index (χ0) is 14.0. The van der Waals surface area contributed by atoms with Gasteiger partial charge in [-0.3, -0.25) is 0 Å². The molecule has 0 atom stereocenters. The van der Waals surface area contributed by atoms with Crippen molar-refractivity contribution in [2.24, 2.45) is 0 Å². The minimum atomic E-state index is -0.498. The highest BCUT2D eigenvalue weighted by atomic mass is 19.1. The van der Waals surface area contributed by atoms with Gasteiger partial charge >= 0.3 is 6.03 Å². The maximum absolute atomic E-state index is 13.9. The van der Waals surface area contributed by atoms with Crippen molar-refractivity contribution < 1.29 is 9.18 Å². The largest absolute Gasteiger partial charge is 0.335 e. The smallest absolute Gasteiger partial charge is 0.315 e. The van der Waals surface area contributed by atoms with Crippen LogP contribution in [0.2, 0.25) is 0 Å². The Bertz CT molecular complexity index is 496. The maximum Gasteiger partial charge on any atom is 0.315 e. The van der Waals surface area contributed by atoms with E-state index in [1.165, 1.54) is 6.07 Å². The van der Waals surface area contributed by atoms with Crippen molar-refractivity contribution >= 4 is 6.03 Å². The Labute approximate surface area is 118 Å². The third-order valence-electron chi connectivity index (χ3n) is 4.17. The Balaban J connectivity index is 1.62. The molecule has 3 rings (SSSR count). The van der Waals surface area contributed by atoms with E-state index in [-0.39, 0.29) is 17.9 Å². The molecule has 1 saturated heterocycles. The van der Waals surface area contributed by atoms with E-state index in [0.29, 0.717) is 5.56 Å². The van der Waals surface area contributed by atoms with E-state index in [9.17, 15) is 9.18 Å². The molecule has 1 aliphatic heterocycles. The number of carbonyl (C=O) groups excluding carboxylic acids is 1. The maximum atomic E-state index is 13.9. The van der Waals surface area contributed by atoms with E-state index in [1.54, 1.807) is 12.1 Å². The molecule has 1 heterocycles. The summed E-state index contributed by atoms with van der Waals surface area (Å²) in [6.07, 6.45) is 3.49. The van der Waals surface area contributed by atoms with Gasteiger partial charge in [0.1, 0.15) is 5.82 Å². The van der Waals surface area contributed by atoms with Gasteiger partial charge in [-0.15, -0.1) is 0 Å². The molecule has 108 valence electrons. The lowest BCUT2D eigenvalue weighted by Gasteiger charge is -2.26. The predicted molar refractivity (Wildman–Crippen MR) is 74.9 cm³/mol. The highest BCUT2D eigenvalue weighted by molar-refractivity contribution is 5.76. The number of benzene rings is 1. The second kappa shape index (κ2) is 5.40. The average molecular weight is 277 g/mol. The summed E-state index contributed by atoms with van der Waals surface area (Å²) in [5.41, 5.74) is 0.1000. The topological polar surface area (TPSA) is 53.2 Å². The molecule has 0 radical (unpaired) electrons. The SMILES string of the molecule is O=C(NC1CCNCC1)NC1(c2ccccc2F)CC1. The molecule has 20 heavy (non-hydrogen) atoms. The Morgan fingerprint density at radius 2 is 1.95 bits per heavy atom. The van der Waals surface area contributed by atoms with E-state index in [0.717, 1.165) is 38.8 Å². The van der Waals surface area contributed by atoms with Crippen LogP contribution in [-0.2, 0) is 5.54 Å². The van der Waals surface area contributed by atoms with Crippen LogP contribution in [0.1, 0.15) is 31.2 Å². The first-order valence-corrected chi connectivity index (χ1v) is 7.24. The zero-order valence-corrected chi connectivity index (χ0v) is 11.4. The molecule has 2 amide bonds. The molecule has 2 aliphatic rings. The summed E-state index contributed by atoms with van der Waals surface area (Å²) in [7, 11) is 0. The molecule has 0 spiro atoms. The summed E-state index contributed by atoms with van der Waals surface area (Å²) < 4.78 is 13.9. The third kappa shape index (κ3) is 2.77. The third-order valence-corrected chi connectivity index (χ3v) is 4.17. The summed E-state index contributed by atoms with van der Waals surface area (Å²) in [6.45, 7) is 1.87. The second-order valence-electron chi connectivity index (χ2n) is 5.68. The lowest BCUT2D eigenvalue weighted by molar-refractivity contribution is 0.228. The Morgan fingerprint density at radius 3 is 2.60 bits per heavy atom. The summed E-state index contributed by atoms with van der Waals surface area (Å²) in [4.78, 5) is 12.1. The number of amides is 2. The van der Waals surface area contributed by atoms with Crippen molar-refractivity contribution in [1.82, 2.24) is 16.0 Å². The lowest BCUT2D eigenvalue weighted by Crippen LogP contribution is -2.49. The zero-order valence-electron chi connectivity index (χ0n) is 11.4. The van der Waals surface area contributed by atoms with E-state index in [2.05, 4.69) is 16.0 Å². The van der Waals surface area contributed by atoms with Crippen LogP contribution in [-0.4, -0.2) is 25.2 Å². The van der Waals surface area contributed by atoms with Gasteiger partial charge in [0.25, 0.3) is 0 Å². The van der Waals surface area contributed by atoms with Gasteiger partial charge in [-0.1, -0.05) is 18.2 Å². The molecular weight excluding hydrogens is 257 g/mol. The minimum absolute atomic E-state index is 0.183. The van der Waals surface area contributed by atoms with Crippen LogP contribution in [0.4, 0.5) is 9.18 Å². The first-order chi connectivity index (χ1) is 9.70. The quantitative estimate of drug-likeness (QED) is 0.790. The summed E-state index contributed by atoms with van der Waals surface area (Å²) >= 11 is 0. The Hall–Kier alpha value is -1.62. The molecule has 1 aromatic rings.